The number of carbonyl (C=O) groups is 3. The molecule has 2 aromatic carbocycles. The smallest absolute Gasteiger partial charge is 0.355 e. The molecule has 0 bridgehead atoms. The number of ether oxygens (including phenoxy) is 2. The third-order valence-electron chi connectivity index (χ3n) is 5.81. The summed E-state index contributed by atoms with van der Waals surface area (Å²) < 4.78 is 15.1. The number of carbonyl (C=O) groups excluding carboxylic acids is 3. The van der Waals surface area contributed by atoms with Crippen LogP contribution in [0, 0.1) is 11.3 Å². The van der Waals surface area contributed by atoms with Crippen LogP contribution in [0.1, 0.15) is 22.0 Å². The minimum atomic E-state index is -0.999. The molecule has 11 heteroatoms. The zero-order valence-electron chi connectivity index (χ0n) is 20.2. The van der Waals surface area contributed by atoms with Gasteiger partial charge in [-0.2, -0.15) is 5.26 Å². The van der Waals surface area contributed by atoms with Crippen molar-refractivity contribution in [1.82, 2.24) is 0 Å². The van der Waals surface area contributed by atoms with Gasteiger partial charge in [-0.3, -0.25) is 9.69 Å². The van der Waals surface area contributed by atoms with Crippen LogP contribution in [-0.4, -0.2) is 32.1 Å². The van der Waals surface area contributed by atoms with Crippen molar-refractivity contribution in [3.63, 3.8) is 0 Å². The molecule has 2 heterocycles. The molecule has 3 N–H and O–H groups in total. The van der Waals surface area contributed by atoms with Crippen LogP contribution >= 0.6 is 11.6 Å². The van der Waals surface area contributed by atoms with Crippen molar-refractivity contribution >= 4 is 40.8 Å². The molecule has 0 spiro atoms. The maximum atomic E-state index is 13.1. The number of nitriles is 1. The monoisotopic (exact) mass is 532 g/mol. The van der Waals surface area contributed by atoms with Crippen molar-refractivity contribution < 1.29 is 28.3 Å². The lowest BCUT2D eigenvalue weighted by atomic mass is 9.81. The summed E-state index contributed by atoms with van der Waals surface area (Å²) in [5.41, 5.74) is 7.12. The molecule has 1 aliphatic rings. The lowest BCUT2D eigenvalue weighted by Gasteiger charge is -2.36. The average molecular weight is 533 g/mol. The van der Waals surface area contributed by atoms with E-state index in [2.05, 4.69) is 11.4 Å². The van der Waals surface area contributed by atoms with Gasteiger partial charge >= 0.3 is 11.9 Å². The van der Waals surface area contributed by atoms with Gasteiger partial charge in [0.1, 0.15) is 11.5 Å². The molecule has 10 nitrogen and oxygen atoms in total. The van der Waals surface area contributed by atoms with Crippen LogP contribution < -0.4 is 16.0 Å². The highest BCUT2D eigenvalue weighted by Crippen LogP contribution is 2.44. The molecule has 192 valence electrons. The summed E-state index contributed by atoms with van der Waals surface area (Å²) in [6.45, 7) is 0. The predicted molar refractivity (Wildman–Crippen MR) is 138 cm³/mol. The number of halogens is 1. The molecule has 0 radical (unpaired) electrons. The molecular weight excluding hydrogens is 512 g/mol. The summed E-state index contributed by atoms with van der Waals surface area (Å²) in [4.78, 5) is 39.8. The maximum absolute atomic E-state index is 13.1. The molecule has 0 saturated carbocycles. The molecule has 1 atom stereocenters. The first-order valence-electron chi connectivity index (χ1n) is 11.1. The second kappa shape index (κ2) is 10.9. The number of allylic oxidation sites excluding steroid dienone is 1. The Balaban J connectivity index is 1.89. The van der Waals surface area contributed by atoms with Gasteiger partial charge in [0.15, 0.2) is 5.76 Å². The zero-order valence-corrected chi connectivity index (χ0v) is 21.0. The number of furan rings is 1. The fraction of sp³-hybridized carbons (Fsp3) is 0.111. The molecule has 1 amide bonds. The standard InChI is InChI=1S/C27H21ClN4O6/c1-36-26(34)22-21(15-7-4-3-5-8-15)17(14-29)24(30)32(23(22)27(35)37-2)16-10-11-19(18(28)13-16)31-25(33)20-9-6-12-38-20/h3-13,21H,30H2,1-2H3,(H,31,33). The van der Waals surface area contributed by atoms with E-state index >= 15 is 0 Å². The number of esters is 2. The van der Waals surface area contributed by atoms with Crippen LogP contribution in [0.4, 0.5) is 11.4 Å². The number of hydrogen-bond donors (Lipinski definition) is 2. The number of methoxy groups -OCH3 is 2. The van der Waals surface area contributed by atoms with Crippen molar-refractivity contribution in [2.75, 3.05) is 24.4 Å². The van der Waals surface area contributed by atoms with Crippen molar-refractivity contribution in [2.45, 2.75) is 5.92 Å². The lowest BCUT2D eigenvalue weighted by Crippen LogP contribution is -2.40. The van der Waals surface area contributed by atoms with Crippen LogP contribution in [0.5, 0.6) is 0 Å². The van der Waals surface area contributed by atoms with Gasteiger partial charge in [-0.1, -0.05) is 41.9 Å². The Morgan fingerprint density at radius 3 is 2.34 bits per heavy atom. The van der Waals surface area contributed by atoms with Crippen molar-refractivity contribution in [3.8, 4) is 6.07 Å². The molecule has 0 aliphatic carbocycles. The van der Waals surface area contributed by atoms with E-state index in [9.17, 15) is 19.6 Å². The van der Waals surface area contributed by atoms with E-state index < -0.39 is 23.8 Å². The van der Waals surface area contributed by atoms with Gasteiger partial charge < -0.3 is 24.9 Å². The van der Waals surface area contributed by atoms with Crippen LogP contribution in [0.2, 0.25) is 5.02 Å². The molecule has 4 rings (SSSR count). The summed E-state index contributed by atoms with van der Waals surface area (Å²) in [6.07, 6.45) is 1.36. The molecule has 1 unspecified atom stereocenters. The number of amides is 1. The average Bonchev–Trinajstić information content (AvgIpc) is 3.48. The Bertz CT molecular complexity index is 1510. The summed E-state index contributed by atoms with van der Waals surface area (Å²) in [5.74, 6) is -3.30. The van der Waals surface area contributed by atoms with Gasteiger partial charge in [0.05, 0.1) is 54.3 Å². The normalized spacial score (nSPS) is 15.1. The van der Waals surface area contributed by atoms with Crippen molar-refractivity contribution in [3.05, 3.63) is 106 Å². The Kier molecular flexibility index (Phi) is 7.50. The number of nitrogens with one attached hydrogen (secondary N) is 1. The van der Waals surface area contributed by atoms with Gasteiger partial charge in [-0.15, -0.1) is 0 Å². The van der Waals surface area contributed by atoms with Crippen LogP contribution in [-0.2, 0) is 19.1 Å². The highest BCUT2D eigenvalue weighted by Gasteiger charge is 2.43. The van der Waals surface area contributed by atoms with E-state index in [1.807, 2.05) is 0 Å². The highest BCUT2D eigenvalue weighted by atomic mass is 35.5. The molecule has 38 heavy (non-hydrogen) atoms. The van der Waals surface area contributed by atoms with Crippen LogP contribution in [0.25, 0.3) is 0 Å². The fourth-order valence-corrected chi connectivity index (χ4v) is 4.34. The summed E-state index contributed by atoms with van der Waals surface area (Å²) in [7, 11) is 2.32. The van der Waals surface area contributed by atoms with E-state index in [4.69, 9.17) is 31.2 Å². The number of nitrogens with two attached hydrogens (primary N) is 1. The second-order valence-electron chi connectivity index (χ2n) is 7.93. The van der Waals surface area contributed by atoms with Crippen molar-refractivity contribution in [2.24, 2.45) is 5.73 Å². The molecule has 0 saturated heterocycles. The van der Waals surface area contributed by atoms with E-state index in [1.165, 1.54) is 35.4 Å². The fourth-order valence-electron chi connectivity index (χ4n) is 4.12. The molecule has 0 fully saturated rings. The van der Waals surface area contributed by atoms with Gasteiger partial charge in [0.25, 0.3) is 5.91 Å². The zero-order chi connectivity index (χ0) is 27.4. The third-order valence-corrected chi connectivity index (χ3v) is 6.13. The molecule has 1 aromatic heterocycles. The van der Waals surface area contributed by atoms with Gasteiger partial charge in [-0.05, 0) is 35.9 Å². The SMILES string of the molecule is COC(=O)C1=C(C(=O)OC)N(c2ccc(NC(=O)c3ccco3)c(Cl)c2)C(N)=C(C#N)C1c1ccccc1. The quantitative estimate of drug-likeness (QED) is 0.448. The molecular formula is C27H21ClN4O6. The first-order chi connectivity index (χ1) is 18.3. The number of rotatable bonds is 6. The Labute approximate surface area is 222 Å². The number of benzene rings is 2. The van der Waals surface area contributed by atoms with Crippen molar-refractivity contribution in [1.29, 1.82) is 5.26 Å². The number of anilines is 2. The Morgan fingerprint density at radius 2 is 1.76 bits per heavy atom. The number of hydrogen-bond acceptors (Lipinski definition) is 9. The van der Waals surface area contributed by atoms with E-state index in [0.717, 1.165) is 14.2 Å². The van der Waals surface area contributed by atoms with E-state index in [-0.39, 0.29) is 44.8 Å². The minimum Gasteiger partial charge on any atom is -0.466 e. The van der Waals surface area contributed by atoms with Gasteiger partial charge in [0, 0.05) is 5.69 Å². The second-order valence-corrected chi connectivity index (χ2v) is 8.34. The first kappa shape index (κ1) is 26.1. The summed E-state index contributed by atoms with van der Waals surface area (Å²) in [6, 6.07) is 18.2. The largest absolute Gasteiger partial charge is 0.466 e. The summed E-state index contributed by atoms with van der Waals surface area (Å²) in [5, 5.41) is 12.8. The Morgan fingerprint density at radius 1 is 1.05 bits per heavy atom. The number of nitrogens with zero attached hydrogens (tertiary/aromatic N) is 2. The third kappa shape index (κ3) is 4.70. The Hall–Kier alpha value is -5.01. The molecule has 1 aliphatic heterocycles. The molecule has 3 aromatic rings. The first-order valence-corrected chi connectivity index (χ1v) is 11.5. The highest BCUT2D eigenvalue weighted by molar-refractivity contribution is 6.34. The predicted octanol–water partition coefficient (Wildman–Crippen LogP) is 4.08. The minimum absolute atomic E-state index is 0.00979. The van der Waals surface area contributed by atoms with E-state index in [0.29, 0.717) is 5.56 Å². The van der Waals surface area contributed by atoms with E-state index in [1.54, 1.807) is 36.4 Å². The van der Waals surface area contributed by atoms with Crippen LogP contribution in [0.15, 0.2) is 94.0 Å². The van der Waals surface area contributed by atoms with Crippen LogP contribution in [0.3, 0.4) is 0 Å². The van der Waals surface area contributed by atoms with Gasteiger partial charge in [-0.25, -0.2) is 9.59 Å². The maximum Gasteiger partial charge on any atom is 0.355 e. The lowest BCUT2D eigenvalue weighted by molar-refractivity contribution is -0.139. The summed E-state index contributed by atoms with van der Waals surface area (Å²) >= 11 is 6.47. The van der Waals surface area contributed by atoms with Gasteiger partial charge in [0.2, 0.25) is 0 Å². The topological polar surface area (TPSA) is 148 Å².